The molecule has 0 spiro atoms. The first-order valence-corrected chi connectivity index (χ1v) is 11.0. The Morgan fingerprint density at radius 1 is 1.29 bits per heavy atom. The van der Waals surface area contributed by atoms with Gasteiger partial charge in [-0.3, -0.25) is 0 Å². The fraction of sp³-hybridized carbons (Fsp3) is 0.435. The van der Waals surface area contributed by atoms with E-state index in [9.17, 15) is 9.59 Å². The number of carbonyl (C=O) groups excluding carboxylic acids is 2. The largest absolute Gasteiger partial charge is 0.497 e. The summed E-state index contributed by atoms with van der Waals surface area (Å²) in [4.78, 5) is 32.4. The summed E-state index contributed by atoms with van der Waals surface area (Å²) < 4.78 is 16.0. The van der Waals surface area contributed by atoms with Crippen molar-refractivity contribution in [2.24, 2.45) is 4.99 Å². The molecule has 31 heavy (non-hydrogen) atoms. The van der Waals surface area contributed by atoms with Crippen LogP contribution in [0.25, 0.3) is 0 Å². The molecule has 0 saturated heterocycles. The van der Waals surface area contributed by atoms with E-state index in [0.717, 1.165) is 21.8 Å². The predicted molar refractivity (Wildman–Crippen MR) is 121 cm³/mol. The predicted octanol–water partition coefficient (Wildman–Crippen LogP) is 4.98. The van der Waals surface area contributed by atoms with E-state index in [2.05, 4.69) is 4.99 Å². The van der Waals surface area contributed by atoms with Gasteiger partial charge in [0.1, 0.15) is 16.4 Å². The third kappa shape index (κ3) is 5.64. The van der Waals surface area contributed by atoms with Crippen molar-refractivity contribution >= 4 is 34.6 Å². The van der Waals surface area contributed by atoms with Crippen molar-refractivity contribution in [1.29, 1.82) is 0 Å². The van der Waals surface area contributed by atoms with Crippen molar-refractivity contribution in [2.45, 2.75) is 46.3 Å². The molecule has 0 atom stereocenters. The van der Waals surface area contributed by atoms with E-state index < -0.39 is 5.60 Å². The molecule has 2 heterocycles. The Kier molecular flexibility index (Phi) is 7.00. The van der Waals surface area contributed by atoms with Crippen LogP contribution in [0, 0.1) is 0 Å². The summed E-state index contributed by atoms with van der Waals surface area (Å²) in [5, 5.41) is 0.581. The number of benzene rings is 1. The Balaban J connectivity index is 1.91. The van der Waals surface area contributed by atoms with Crippen molar-refractivity contribution in [2.75, 3.05) is 20.3 Å². The Morgan fingerprint density at radius 3 is 2.74 bits per heavy atom. The number of hydrogen-bond acceptors (Lipinski definition) is 7. The summed E-state index contributed by atoms with van der Waals surface area (Å²) in [5.41, 5.74) is 1.69. The van der Waals surface area contributed by atoms with Gasteiger partial charge in [-0.15, -0.1) is 11.3 Å². The van der Waals surface area contributed by atoms with Crippen LogP contribution in [-0.4, -0.2) is 49.0 Å². The number of methoxy groups -OCH3 is 1. The van der Waals surface area contributed by atoms with Crippen LogP contribution in [-0.2, 0) is 22.4 Å². The highest BCUT2D eigenvalue weighted by atomic mass is 32.1. The second-order valence-corrected chi connectivity index (χ2v) is 9.17. The Labute approximate surface area is 186 Å². The van der Waals surface area contributed by atoms with Gasteiger partial charge in [0.2, 0.25) is 0 Å². The lowest BCUT2D eigenvalue weighted by Gasteiger charge is -2.30. The van der Waals surface area contributed by atoms with Crippen LogP contribution in [0.2, 0.25) is 0 Å². The van der Waals surface area contributed by atoms with Crippen LogP contribution in [0.5, 0.6) is 5.75 Å². The minimum Gasteiger partial charge on any atom is -0.497 e. The molecule has 0 unspecified atom stereocenters. The standard InChI is InChI=1S/C23H28N2O5S/c1-6-29-21(26)19-17-10-11-25(22(27)30-23(2,3)4)14-18(17)31-20(19)24-13-15-8-7-9-16(12-15)28-5/h7-9,12-13H,6,10-11,14H2,1-5H3/b24-13+. The monoisotopic (exact) mass is 444 g/mol. The maximum atomic E-state index is 12.7. The molecular formula is C23H28N2O5S. The van der Waals surface area contributed by atoms with Crippen LogP contribution in [0.15, 0.2) is 29.3 Å². The van der Waals surface area contributed by atoms with Gasteiger partial charge < -0.3 is 19.1 Å². The first kappa shape index (κ1) is 22.8. The number of esters is 1. The van der Waals surface area contributed by atoms with Crippen LogP contribution in [0.4, 0.5) is 9.80 Å². The van der Waals surface area contributed by atoms with Crippen LogP contribution >= 0.6 is 11.3 Å². The van der Waals surface area contributed by atoms with Gasteiger partial charge in [0.15, 0.2) is 0 Å². The molecular weight excluding hydrogens is 416 g/mol. The van der Waals surface area contributed by atoms with Crippen molar-refractivity contribution in [1.82, 2.24) is 4.90 Å². The molecule has 0 N–H and O–H groups in total. The van der Waals surface area contributed by atoms with Crippen LogP contribution in [0.1, 0.15) is 54.1 Å². The summed E-state index contributed by atoms with van der Waals surface area (Å²) in [6.45, 7) is 8.45. The number of fused-ring (bicyclic) bond motifs is 1. The number of thiophene rings is 1. The lowest BCUT2D eigenvalue weighted by molar-refractivity contribution is 0.0226. The molecule has 8 heteroatoms. The molecule has 0 aliphatic carbocycles. The second kappa shape index (κ2) is 9.51. The minimum atomic E-state index is -0.560. The van der Waals surface area contributed by atoms with Gasteiger partial charge in [-0.2, -0.15) is 0 Å². The fourth-order valence-electron chi connectivity index (χ4n) is 3.23. The molecule has 166 valence electrons. The molecule has 1 aromatic carbocycles. The number of amides is 1. The van der Waals surface area contributed by atoms with E-state index in [1.807, 2.05) is 45.0 Å². The zero-order chi connectivity index (χ0) is 22.6. The summed E-state index contributed by atoms with van der Waals surface area (Å²) in [6.07, 6.45) is 1.90. The van der Waals surface area contributed by atoms with Gasteiger partial charge >= 0.3 is 12.1 Å². The highest BCUT2D eigenvalue weighted by Crippen LogP contribution is 2.39. The molecule has 1 aromatic heterocycles. The molecule has 0 bridgehead atoms. The summed E-state index contributed by atoms with van der Waals surface area (Å²) in [5.74, 6) is 0.344. The third-order valence-electron chi connectivity index (χ3n) is 4.59. The van der Waals surface area contributed by atoms with Crippen molar-refractivity contribution < 1.29 is 23.8 Å². The zero-order valence-electron chi connectivity index (χ0n) is 18.6. The fourth-order valence-corrected chi connectivity index (χ4v) is 4.43. The molecule has 1 aliphatic heterocycles. The molecule has 2 aromatic rings. The topological polar surface area (TPSA) is 77.4 Å². The maximum Gasteiger partial charge on any atom is 0.410 e. The van der Waals surface area contributed by atoms with Gasteiger partial charge in [-0.05, 0) is 57.4 Å². The van der Waals surface area contributed by atoms with Crippen molar-refractivity contribution in [3.8, 4) is 5.75 Å². The molecule has 1 aliphatic rings. The molecule has 3 rings (SSSR count). The van der Waals surface area contributed by atoms with E-state index in [-0.39, 0.29) is 18.7 Å². The van der Waals surface area contributed by atoms with E-state index in [1.165, 1.54) is 11.3 Å². The SMILES string of the molecule is CCOC(=O)c1c(/N=C/c2cccc(OC)c2)sc2c1CCN(C(=O)OC(C)(C)C)C2. The highest BCUT2D eigenvalue weighted by Gasteiger charge is 2.32. The third-order valence-corrected chi connectivity index (χ3v) is 5.72. The molecule has 0 fully saturated rings. The average Bonchev–Trinajstić information content (AvgIpc) is 3.09. The molecule has 0 radical (unpaired) electrons. The number of rotatable bonds is 5. The summed E-state index contributed by atoms with van der Waals surface area (Å²) >= 11 is 1.41. The highest BCUT2D eigenvalue weighted by molar-refractivity contribution is 7.16. The van der Waals surface area contributed by atoms with Gasteiger partial charge in [-0.25, -0.2) is 14.6 Å². The van der Waals surface area contributed by atoms with Crippen molar-refractivity contribution in [3.63, 3.8) is 0 Å². The first-order valence-electron chi connectivity index (χ1n) is 10.2. The number of nitrogens with zero attached hydrogens (tertiary/aromatic N) is 2. The first-order chi connectivity index (χ1) is 14.7. The number of hydrogen-bond donors (Lipinski definition) is 0. The van der Waals surface area contributed by atoms with E-state index in [1.54, 1.807) is 25.1 Å². The van der Waals surface area contributed by atoms with E-state index in [4.69, 9.17) is 14.2 Å². The van der Waals surface area contributed by atoms with Crippen molar-refractivity contribution in [3.05, 3.63) is 45.8 Å². The summed E-state index contributed by atoms with van der Waals surface area (Å²) in [6, 6.07) is 7.51. The summed E-state index contributed by atoms with van der Waals surface area (Å²) in [7, 11) is 1.61. The molecule has 0 saturated carbocycles. The Morgan fingerprint density at radius 2 is 2.06 bits per heavy atom. The normalized spacial score (nSPS) is 13.8. The quantitative estimate of drug-likeness (QED) is 0.480. The van der Waals surface area contributed by atoms with Gasteiger partial charge in [0.05, 0.1) is 25.8 Å². The number of carbonyl (C=O) groups is 2. The van der Waals surface area contributed by atoms with E-state index in [0.29, 0.717) is 30.1 Å². The van der Waals surface area contributed by atoms with Gasteiger partial charge in [0.25, 0.3) is 0 Å². The Hall–Kier alpha value is -2.87. The molecule has 1 amide bonds. The lowest BCUT2D eigenvalue weighted by atomic mass is 10.0. The smallest absolute Gasteiger partial charge is 0.410 e. The number of ether oxygens (including phenoxy) is 3. The van der Waals surface area contributed by atoms with Gasteiger partial charge in [-0.1, -0.05) is 12.1 Å². The Bertz CT molecular complexity index is 990. The van der Waals surface area contributed by atoms with Gasteiger partial charge in [0, 0.05) is 17.6 Å². The van der Waals surface area contributed by atoms with Crippen LogP contribution in [0.3, 0.4) is 0 Å². The average molecular weight is 445 g/mol. The number of aliphatic imine (C=N–C) groups is 1. The lowest BCUT2D eigenvalue weighted by Crippen LogP contribution is -2.39. The second-order valence-electron chi connectivity index (χ2n) is 8.09. The molecule has 7 nitrogen and oxygen atoms in total. The minimum absolute atomic E-state index is 0.284. The van der Waals surface area contributed by atoms with E-state index >= 15 is 0 Å². The maximum absolute atomic E-state index is 12.7. The van der Waals surface area contributed by atoms with Crippen LogP contribution < -0.4 is 4.74 Å². The zero-order valence-corrected chi connectivity index (χ0v) is 19.4.